The number of aryl methyl sites for hydroxylation is 2. The number of halogens is 2. The molecule has 0 fully saturated rings. The van der Waals surface area contributed by atoms with E-state index in [-0.39, 0.29) is 46.5 Å². The van der Waals surface area contributed by atoms with Gasteiger partial charge in [0.2, 0.25) is 0 Å². The van der Waals surface area contributed by atoms with Crippen LogP contribution in [-0.4, -0.2) is 0 Å². The topological polar surface area (TPSA) is 0 Å². The van der Waals surface area contributed by atoms with Crippen molar-refractivity contribution < 1.29 is 46.5 Å². The van der Waals surface area contributed by atoms with E-state index in [0.717, 1.165) is 8.58 Å². The third kappa shape index (κ3) is 11.2. The van der Waals surface area contributed by atoms with Crippen LogP contribution in [0.3, 0.4) is 0 Å². The smallest absolute Gasteiger partial charge is 1.00 e. The van der Waals surface area contributed by atoms with Gasteiger partial charge < -0.3 is 31.7 Å². The van der Waals surface area contributed by atoms with E-state index in [2.05, 4.69) is 101 Å². The van der Waals surface area contributed by atoms with Crippen molar-refractivity contribution in [3.8, 4) is 0 Å². The summed E-state index contributed by atoms with van der Waals surface area (Å²) in [4.78, 5) is 0. The Morgan fingerprint density at radius 2 is 0.926 bits per heavy atom. The van der Waals surface area contributed by atoms with Crippen molar-refractivity contribution in [1.82, 2.24) is 0 Å². The molecule has 27 heavy (non-hydrogen) atoms. The van der Waals surface area contributed by atoms with Gasteiger partial charge in [-0.25, -0.2) is 0 Å². The van der Waals surface area contributed by atoms with Crippen molar-refractivity contribution in [3.05, 3.63) is 95.9 Å². The molecule has 3 rings (SSSR count). The molecule has 144 valence electrons. The van der Waals surface area contributed by atoms with Crippen LogP contribution in [0.25, 0.3) is 0 Å². The molecule has 0 aliphatic rings. The molecule has 0 saturated heterocycles. The van der Waals surface area contributed by atoms with Crippen molar-refractivity contribution >= 4 is 19.2 Å². The number of benzene rings is 2. The molecule has 4 heteroatoms. The largest absolute Gasteiger partial charge is 4.00 e. The standard InChI is InChI=1S/C12H11P.C9H13.C2H5.2ClH.Ti/c1-3-7-11(8-4-1)13-12-9-5-2-6-10-12;1-6-5-7(2)9(4)8(6)3;1-2;;;/h1-10,13H;5H,1-4H3;1H2,2H3;2*1H;/q;2*-1;;;+4/p-2. The van der Waals surface area contributed by atoms with Crippen LogP contribution in [-0.2, 0) is 21.7 Å². The quantitative estimate of drug-likeness (QED) is 0.286. The molecular weight excluding hydrogens is 426 g/mol. The molecular formula is C23H29Cl2PTi. The first-order valence-corrected chi connectivity index (χ1v) is 9.36. The molecule has 0 N–H and O–H groups in total. The fourth-order valence-electron chi connectivity index (χ4n) is 2.34. The predicted molar refractivity (Wildman–Crippen MR) is 112 cm³/mol. The van der Waals surface area contributed by atoms with Crippen LogP contribution in [0.15, 0.2) is 66.7 Å². The maximum Gasteiger partial charge on any atom is 4.00 e. The van der Waals surface area contributed by atoms with Crippen molar-refractivity contribution in [2.45, 2.75) is 34.6 Å². The average Bonchev–Trinajstić information content (AvgIpc) is 2.85. The van der Waals surface area contributed by atoms with E-state index in [1.807, 2.05) is 0 Å². The molecule has 0 aliphatic heterocycles. The summed E-state index contributed by atoms with van der Waals surface area (Å²) in [7, 11) is 0.777. The van der Waals surface area contributed by atoms with Crippen LogP contribution in [0.2, 0.25) is 0 Å². The molecule has 0 saturated carbocycles. The Balaban J connectivity index is -0.000000370. The molecule has 3 aromatic carbocycles. The third-order valence-electron chi connectivity index (χ3n) is 4.01. The van der Waals surface area contributed by atoms with E-state index in [9.17, 15) is 0 Å². The molecule has 3 aromatic rings. The molecule has 0 atom stereocenters. The van der Waals surface area contributed by atoms with Gasteiger partial charge in [-0.3, -0.25) is 0 Å². The fraction of sp³-hybridized carbons (Fsp3) is 0.217. The van der Waals surface area contributed by atoms with Gasteiger partial charge in [0, 0.05) is 0 Å². The summed E-state index contributed by atoms with van der Waals surface area (Å²) >= 11 is 0. The Morgan fingerprint density at radius 3 is 1.15 bits per heavy atom. The Bertz CT molecular complexity index is 650. The summed E-state index contributed by atoms with van der Waals surface area (Å²) in [5, 5.41) is 2.79. The zero-order valence-electron chi connectivity index (χ0n) is 16.8. The molecule has 0 spiro atoms. The zero-order chi connectivity index (χ0) is 17.9. The first kappa shape index (κ1) is 31.2. The molecule has 0 aliphatic carbocycles. The van der Waals surface area contributed by atoms with E-state index in [4.69, 9.17) is 0 Å². The SMILES string of the molecule is Cc1[cH-]c(C)c(C)c1C.[CH2-]C.[Cl-].[Cl-].[Ti+4].c1ccc(Pc2ccccc2)cc1. The van der Waals surface area contributed by atoms with Gasteiger partial charge in [0.05, 0.1) is 0 Å². The second-order valence-electron chi connectivity index (χ2n) is 5.62. The van der Waals surface area contributed by atoms with Crippen molar-refractivity contribution in [3.63, 3.8) is 0 Å². The van der Waals surface area contributed by atoms with E-state index < -0.39 is 0 Å². The zero-order valence-corrected chi connectivity index (χ0v) is 20.9. The predicted octanol–water partition coefficient (Wildman–Crippen LogP) is -0.199. The van der Waals surface area contributed by atoms with Gasteiger partial charge in [0.15, 0.2) is 0 Å². The van der Waals surface area contributed by atoms with E-state index in [1.165, 1.54) is 32.9 Å². The summed E-state index contributed by atoms with van der Waals surface area (Å²) in [6.45, 7) is 13.7. The molecule has 0 nitrogen and oxygen atoms in total. The van der Waals surface area contributed by atoms with Crippen LogP contribution in [0.4, 0.5) is 0 Å². The first-order chi connectivity index (χ1) is 11.6. The van der Waals surface area contributed by atoms with Gasteiger partial charge in [-0.2, -0.15) is 35.2 Å². The van der Waals surface area contributed by atoms with E-state index >= 15 is 0 Å². The third-order valence-corrected chi connectivity index (χ3v) is 5.26. The summed E-state index contributed by atoms with van der Waals surface area (Å²) in [6, 6.07) is 23.4. The van der Waals surface area contributed by atoms with E-state index in [0.29, 0.717) is 0 Å². The monoisotopic (exact) mass is 454 g/mol. The van der Waals surface area contributed by atoms with Crippen molar-refractivity contribution in [1.29, 1.82) is 0 Å². The average molecular weight is 455 g/mol. The van der Waals surface area contributed by atoms with Crippen LogP contribution < -0.4 is 35.4 Å². The maximum atomic E-state index is 3.25. The van der Waals surface area contributed by atoms with Gasteiger partial charge in [-0.15, -0.1) is 0 Å². The van der Waals surface area contributed by atoms with Gasteiger partial charge >= 0.3 is 21.7 Å². The molecule has 0 heterocycles. The van der Waals surface area contributed by atoms with Crippen LogP contribution in [0, 0.1) is 34.6 Å². The molecule has 0 aromatic heterocycles. The summed E-state index contributed by atoms with van der Waals surface area (Å²) < 4.78 is 0. The number of rotatable bonds is 2. The first-order valence-electron chi connectivity index (χ1n) is 8.36. The molecule has 0 radical (unpaired) electrons. The van der Waals surface area contributed by atoms with Gasteiger partial charge in [0.1, 0.15) is 0 Å². The molecule has 0 amide bonds. The Kier molecular flexibility index (Phi) is 20.4. The Hall–Kier alpha value is -0.486. The summed E-state index contributed by atoms with van der Waals surface area (Å²) in [5.41, 5.74) is 5.75. The van der Waals surface area contributed by atoms with Gasteiger partial charge in [-0.1, -0.05) is 96.9 Å². The Morgan fingerprint density at radius 1 is 0.630 bits per heavy atom. The van der Waals surface area contributed by atoms with Crippen molar-refractivity contribution in [2.24, 2.45) is 0 Å². The van der Waals surface area contributed by atoms with Gasteiger partial charge in [0.25, 0.3) is 0 Å². The maximum absolute atomic E-state index is 3.25. The van der Waals surface area contributed by atoms with Crippen molar-refractivity contribution in [2.75, 3.05) is 0 Å². The minimum atomic E-state index is 0. The second-order valence-corrected chi connectivity index (χ2v) is 7.02. The Labute approximate surface area is 195 Å². The van der Waals surface area contributed by atoms with Crippen LogP contribution in [0.5, 0.6) is 0 Å². The fourth-order valence-corrected chi connectivity index (χ4v) is 3.39. The molecule has 0 unspecified atom stereocenters. The minimum Gasteiger partial charge on any atom is -1.00 e. The van der Waals surface area contributed by atoms with Crippen LogP contribution in [0.1, 0.15) is 29.2 Å². The molecule has 0 bridgehead atoms. The van der Waals surface area contributed by atoms with Gasteiger partial charge in [-0.05, 0) is 10.6 Å². The summed E-state index contributed by atoms with van der Waals surface area (Å²) in [5.74, 6) is 0. The van der Waals surface area contributed by atoms with Crippen LogP contribution >= 0.6 is 8.58 Å². The summed E-state index contributed by atoms with van der Waals surface area (Å²) in [6.07, 6.45) is 0. The second kappa shape index (κ2) is 17.6. The number of hydrogen-bond acceptors (Lipinski definition) is 0. The van der Waals surface area contributed by atoms with E-state index in [1.54, 1.807) is 6.92 Å². The number of hydrogen-bond donors (Lipinski definition) is 0. The minimum absolute atomic E-state index is 0. The normalized spacial score (nSPS) is 8.37.